The number of fused-ring (bicyclic) bond motifs is 8. The molecule has 14 aromatic rings. The average Bonchev–Trinajstić information content (AvgIpc) is 1.47. The topological polar surface area (TPSA) is 43.1 Å². The third kappa shape index (κ3) is 13.7. The number of alkyl halides is 3. The maximum absolute atomic E-state index is 15.1. The van der Waals surface area contributed by atoms with E-state index in [0.717, 1.165) is 125 Å². The minimum atomic E-state index is -4.57. The molecule has 4 heterocycles. The van der Waals surface area contributed by atoms with Gasteiger partial charge in [0.15, 0.2) is 0 Å². The van der Waals surface area contributed by atoms with Crippen LogP contribution >= 0.6 is 0 Å². The second-order valence-electron chi connectivity index (χ2n) is 32.6. The van der Waals surface area contributed by atoms with Crippen LogP contribution in [-0.2, 0) is 47.9 Å². The van der Waals surface area contributed by atoms with Gasteiger partial charge in [-0.25, -0.2) is 0 Å². The molecular formula is C95H86F3IrN4. The number of aromatic nitrogens is 4. The van der Waals surface area contributed by atoms with E-state index in [2.05, 4.69) is 282 Å². The molecule has 0 aliphatic heterocycles. The second kappa shape index (κ2) is 26.9. The first kappa shape index (κ1) is 70.4. The van der Waals surface area contributed by atoms with Gasteiger partial charge in [-0.15, -0.1) is 71.1 Å². The molecule has 0 radical (unpaired) electrons. The molecule has 103 heavy (non-hydrogen) atoms. The number of pyridine rings is 3. The molecule has 516 valence electrons. The maximum Gasteiger partial charge on any atom is 3.00 e. The Labute approximate surface area is 618 Å². The van der Waals surface area contributed by atoms with Gasteiger partial charge in [-0.05, 0) is 175 Å². The molecule has 1 fully saturated rings. The molecule has 3 atom stereocenters. The zero-order chi connectivity index (χ0) is 71.4. The van der Waals surface area contributed by atoms with E-state index >= 15 is 13.2 Å². The number of rotatable bonds is 10. The van der Waals surface area contributed by atoms with E-state index in [1.165, 1.54) is 51.6 Å². The quantitative estimate of drug-likeness (QED) is 0.101. The van der Waals surface area contributed by atoms with Crippen LogP contribution in [0.1, 0.15) is 170 Å². The SMILES string of the molecule is Cc1cccc(-c2cc(-c3cc(C(C)(C)C)ccn3)[c-]cc2-c2cc(C(C)(C)C)ccc2C2CC(c3ccccc3-c3c[c-]c4c(c3)c3ccccc3n3c5ccccc5nc43)CC(c3ccc(C(C)(C)C)cc3-c3c[c-]c(-c4cc(C(C)(C)C)ccn4)cc3-c3cccc(C(F)(F)F)c3)C2)c1.[Ir+3]. The van der Waals surface area contributed by atoms with Crippen LogP contribution in [0.4, 0.5) is 13.2 Å². The van der Waals surface area contributed by atoms with Gasteiger partial charge < -0.3 is 14.4 Å². The zero-order valence-electron chi connectivity index (χ0n) is 61.0. The van der Waals surface area contributed by atoms with E-state index < -0.39 is 11.7 Å². The fourth-order valence-electron chi connectivity index (χ4n) is 15.8. The smallest absolute Gasteiger partial charge is 0.333 e. The van der Waals surface area contributed by atoms with Crippen LogP contribution in [0.15, 0.2) is 231 Å². The predicted molar refractivity (Wildman–Crippen MR) is 417 cm³/mol. The number of aryl methyl sites for hydroxylation is 1. The van der Waals surface area contributed by atoms with Crippen LogP contribution in [0, 0.1) is 25.1 Å². The summed E-state index contributed by atoms with van der Waals surface area (Å²) in [5.41, 5.74) is 25.0. The van der Waals surface area contributed by atoms with Gasteiger partial charge in [-0.1, -0.05) is 278 Å². The number of benzene rings is 10. The first-order valence-electron chi connectivity index (χ1n) is 35.9. The van der Waals surface area contributed by atoms with E-state index in [0.29, 0.717) is 22.4 Å². The summed E-state index contributed by atoms with van der Waals surface area (Å²) in [5, 5.41) is 3.19. The molecule has 0 bridgehead atoms. The van der Waals surface area contributed by atoms with E-state index in [4.69, 9.17) is 15.0 Å². The van der Waals surface area contributed by atoms with Gasteiger partial charge in [0.2, 0.25) is 0 Å². The van der Waals surface area contributed by atoms with Gasteiger partial charge in [0.25, 0.3) is 0 Å². The van der Waals surface area contributed by atoms with Crippen LogP contribution in [0.2, 0.25) is 0 Å². The number of para-hydroxylation sites is 3. The van der Waals surface area contributed by atoms with Crippen molar-refractivity contribution >= 4 is 38.4 Å². The molecule has 15 rings (SSSR count). The molecule has 0 amide bonds. The molecule has 1 aliphatic carbocycles. The van der Waals surface area contributed by atoms with Gasteiger partial charge in [-0.2, -0.15) is 13.2 Å². The van der Waals surface area contributed by atoms with Crippen molar-refractivity contribution in [3.8, 4) is 78.1 Å². The van der Waals surface area contributed by atoms with Crippen molar-refractivity contribution in [2.24, 2.45) is 0 Å². The fourth-order valence-corrected chi connectivity index (χ4v) is 15.8. The largest absolute Gasteiger partial charge is 3.00 e. The predicted octanol–water partition coefficient (Wildman–Crippen LogP) is 26.0. The monoisotopic (exact) mass is 1530 g/mol. The van der Waals surface area contributed by atoms with Gasteiger partial charge in [0, 0.05) is 17.9 Å². The van der Waals surface area contributed by atoms with E-state index in [1.54, 1.807) is 0 Å². The molecule has 0 saturated heterocycles. The second-order valence-corrected chi connectivity index (χ2v) is 32.6. The van der Waals surface area contributed by atoms with E-state index in [-0.39, 0.29) is 59.5 Å². The van der Waals surface area contributed by atoms with Gasteiger partial charge in [0.05, 0.1) is 22.2 Å². The van der Waals surface area contributed by atoms with Crippen molar-refractivity contribution in [3.63, 3.8) is 0 Å². The van der Waals surface area contributed by atoms with Crippen molar-refractivity contribution < 1.29 is 33.3 Å². The molecule has 3 unspecified atom stereocenters. The summed E-state index contributed by atoms with van der Waals surface area (Å²) >= 11 is 0. The Balaban J connectivity index is 0.00000897. The molecule has 1 aliphatic rings. The van der Waals surface area contributed by atoms with Gasteiger partial charge in [-0.3, -0.25) is 4.98 Å². The zero-order valence-corrected chi connectivity index (χ0v) is 63.4. The summed E-state index contributed by atoms with van der Waals surface area (Å²) in [7, 11) is 0. The van der Waals surface area contributed by atoms with Crippen LogP contribution in [0.25, 0.3) is 117 Å². The third-order valence-electron chi connectivity index (χ3n) is 21.4. The maximum atomic E-state index is 15.1. The molecule has 4 aromatic heterocycles. The minimum Gasteiger partial charge on any atom is -0.333 e. The van der Waals surface area contributed by atoms with Crippen molar-refractivity contribution in [1.29, 1.82) is 0 Å². The van der Waals surface area contributed by atoms with Crippen molar-refractivity contribution in [2.75, 3.05) is 0 Å². The van der Waals surface area contributed by atoms with Crippen LogP contribution < -0.4 is 0 Å². The van der Waals surface area contributed by atoms with Crippen LogP contribution in [-0.4, -0.2) is 19.4 Å². The first-order chi connectivity index (χ1) is 48.6. The summed E-state index contributed by atoms with van der Waals surface area (Å²) in [6, 6.07) is 87.9. The summed E-state index contributed by atoms with van der Waals surface area (Å²) in [4.78, 5) is 15.1. The van der Waals surface area contributed by atoms with Crippen molar-refractivity contribution in [1.82, 2.24) is 19.4 Å². The minimum absolute atomic E-state index is 0. The van der Waals surface area contributed by atoms with Crippen molar-refractivity contribution in [3.05, 3.63) is 299 Å². The van der Waals surface area contributed by atoms with Crippen molar-refractivity contribution in [2.45, 2.75) is 155 Å². The van der Waals surface area contributed by atoms with E-state index in [1.807, 2.05) is 42.7 Å². The number of nitrogens with zero attached hydrogens (tertiary/aromatic N) is 4. The number of hydrogen-bond donors (Lipinski definition) is 0. The summed E-state index contributed by atoms with van der Waals surface area (Å²) in [6.45, 7) is 29.0. The Morgan fingerprint density at radius 2 is 0.864 bits per heavy atom. The normalized spacial score (nSPS) is 15.5. The Morgan fingerprint density at radius 1 is 0.379 bits per heavy atom. The summed E-state index contributed by atoms with van der Waals surface area (Å²) in [5.74, 6) is -0.0299. The molecule has 0 spiro atoms. The first-order valence-corrected chi connectivity index (χ1v) is 35.9. The van der Waals surface area contributed by atoms with Gasteiger partial charge in [0.1, 0.15) is 0 Å². The standard InChI is InChI=1S/C95H86F3N4.Ir/c1-58-22-20-23-59(46-58)80-52-62(86-56-69(42-44-99-86)93(8,9)10)33-37-76(80)83-54-67(91(2,3)4)35-40-74(83)65-47-64(73-27-15-14-26-72(73)61-32-39-79-82(51-61)78-28-16-18-30-88(78)102-89-31-19-17-29-85(89)101-90(79)102)48-66(49-65)75-41-36-68(92(5,6)7)55-84(75)77-38-34-63(87-57-70(43-45-100-87)94(11,12)13)53-81(77)60-24-21-25-71(50-60)95(96,97)98;/h14-32,35-38,40-46,50-57,64-66H,47-49H2,1-13H3;/q-3;+3. The van der Waals surface area contributed by atoms with Gasteiger partial charge >= 0.3 is 26.3 Å². The fraction of sp³-hybridized carbons (Fsp3) is 0.253. The Hall–Kier alpha value is -9.59. The molecule has 10 aromatic carbocycles. The third-order valence-corrected chi connectivity index (χ3v) is 21.4. The summed E-state index contributed by atoms with van der Waals surface area (Å²) in [6.07, 6.45) is 1.62. The number of halogens is 3. The Bertz CT molecular complexity index is 5590. The Kier molecular flexibility index (Phi) is 18.4. The molecule has 1 saturated carbocycles. The average molecular weight is 1530 g/mol. The van der Waals surface area contributed by atoms with E-state index in [9.17, 15) is 0 Å². The van der Waals surface area contributed by atoms with Crippen LogP contribution in [0.5, 0.6) is 0 Å². The molecule has 4 nitrogen and oxygen atoms in total. The Morgan fingerprint density at radius 3 is 1.41 bits per heavy atom. The number of hydrogen-bond acceptors (Lipinski definition) is 3. The molecular weight excluding hydrogens is 1450 g/mol. The number of imidazole rings is 1. The molecule has 0 N–H and O–H groups in total. The van der Waals surface area contributed by atoms with Crippen LogP contribution in [0.3, 0.4) is 0 Å². The molecule has 8 heteroatoms. The summed E-state index contributed by atoms with van der Waals surface area (Å²) < 4.78 is 47.5.